The van der Waals surface area contributed by atoms with Gasteiger partial charge in [0.25, 0.3) is 6.10 Å². The number of carbonyl (C=O) groups excluding carboxylic acids is 1. The zero-order valence-corrected chi connectivity index (χ0v) is 11.4. The molecule has 0 spiro atoms. The van der Waals surface area contributed by atoms with Crippen LogP contribution in [0.1, 0.15) is 32.6 Å². The maximum Gasteiger partial charge on any atom is 0.434 e. The Bertz CT molecular complexity index is 333. The molecule has 0 radical (unpaired) electrons. The Morgan fingerprint density at radius 3 is 2.00 bits per heavy atom. The van der Waals surface area contributed by atoms with Crippen molar-refractivity contribution in [1.82, 2.24) is 4.90 Å². The molecular weight excluding hydrogens is 304 g/mol. The first-order valence-electron chi connectivity index (χ1n) is 6.64. The molecule has 0 aromatic heterocycles. The van der Waals surface area contributed by atoms with E-state index >= 15 is 0 Å². The first kappa shape index (κ1) is 17.9. The molecule has 0 aromatic carbocycles. The fourth-order valence-electron chi connectivity index (χ4n) is 2.31. The molecule has 0 saturated carbocycles. The average molecular weight is 321 g/mol. The van der Waals surface area contributed by atoms with Crippen LogP contribution in [0.2, 0.25) is 0 Å². The summed E-state index contributed by atoms with van der Waals surface area (Å²) >= 11 is 0. The summed E-state index contributed by atoms with van der Waals surface area (Å²) in [5.74, 6) is 0.347. The van der Waals surface area contributed by atoms with Gasteiger partial charge in [0.15, 0.2) is 0 Å². The second-order valence-electron chi connectivity index (χ2n) is 5.07. The molecule has 9 heteroatoms. The number of carbonyl (C=O) groups is 1. The van der Waals surface area contributed by atoms with E-state index in [0.717, 1.165) is 17.7 Å². The van der Waals surface area contributed by atoms with E-state index in [4.69, 9.17) is 0 Å². The molecule has 0 N–H and O–H groups in total. The highest BCUT2D eigenvalue weighted by Crippen LogP contribution is 2.36. The van der Waals surface area contributed by atoms with E-state index in [1.165, 1.54) is 0 Å². The fraction of sp³-hybridized carbons (Fsp3) is 0.917. The number of alkyl halides is 6. The lowest BCUT2D eigenvalue weighted by molar-refractivity contribution is -0.308. The van der Waals surface area contributed by atoms with Crippen molar-refractivity contribution >= 4 is 6.09 Å². The standard InChI is InChI=1S/C12H17F6NO2/c1-2-3-8-4-6-19(7-5-8)10(20)21-9(11(13,14)15)12(16,17)18/h8-9H,2-7H2,1H3. The molecule has 0 unspecified atom stereocenters. The quantitative estimate of drug-likeness (QED) is 0.732. The van der Waals surface area contributed by atoms with Crippen LogP contribution in [0, 0.1) is 5.92 Å². The van der Waals surface area contributed by atoms with Crippen molar-refractivity contribution in [3.05, 3.63) is 0 Å². The summed E-state index contributed by atoms with van der Waals surface area (Å²) in [7, 11) is 0. The Morgan fingerprint density at radius 2 is 1.62 bits per heavy atom. The average Bonchev–Trinajstić information content (AvgIpc) is 2.34. The second-order valence-corrected chi connectivity index (χ2v) is 5.07. The molecule has 3 nitrogen and oxygen atoms in total. The van der Waals surface area contributed by atoms with E-state index in [1.807, 2.05) is 6.92 Å². The maximum atomic E-state index is 12.3. The molecule has 1 heterocycles. The number of amides is 1. The number of hydrogen-bond donors (Lipinski definition) is 0. The minimum atomic E-state index is -5.67. The number of halogens is 6. The predicted molar refractivity (Wildman–Crippen MR) is 61.6 cm³/mol. The molecular formula is C12H17F6NO2. The molecule has 1 fully saturated rings. The highest BCUT2D eigenvalue weighted by Gasteiger charge is 2.60. The van der Waals surface area contributed by atoms with E-state index in [1.54, 1.807) is 0 Å². The van der Waals surface area contributed by atoms with Crippen molar-refractivity contribution in [2.75, 3.05) is 13.1 Å². The van der Waals surface area contributed by atoms with Crippen LogP contribution < -0.4 is 0 Å². The van der Waals surface area contributed by atoms with Crippen molar-refractivity contribution in [2.24, 2.45) is 5.92 Å². The van der Waals surface area contributed by atoms with Crippen LogP contribution in [0.4, 0.5) is 31.1 Å². The van der Waals surface area contributed by atoms with E-state index in [9.17, 15) is 31.1 Å². The summed E-state index contributed by atoms with van der Waals surface area (Å²) in [6.07, 6.45) is -14.0. The zero-order chi connectivity index (χ0) is 16.3. The van der Waals surface area contributed by atoms with Crippen LogP contribution >= 0.6 is 0 Å². The third-order valence-corrected chi connectivity index (χ3v) is 3.38. The lowest BCUT2D eigenvalue weighted by atomic mass is 9.93. The summed E-state index contributed by atoms with van der Waals surface area (Å²) in [6, 6.07) is 0. The minimum Gasteiger partial charge on any atom is -0.426 e. The van der Waals surface area contributed by atoms with E-state index < -0.39 is 24.5 Å². The summed E-state index contributed by atoms with van der Waals surface area (Å²) in [6.45, 7) is 2.22. The van der Waals surface area contributed by atoms with Crippen LogP contribution in [-0.4, -0.2) is 42.5 Å². The molecule has 124 valence electrons. The van der Waals surface area contributed by atoms with E-state index in [-0.39, 0.29) is 13.1 Å². The van der Waals surface area contributed by atoms with Crippen molar-refractivity contribution in [3.8, 4) is 0 Å². The topological polar surface area (TPSA) is 29.5 Å². The Balaban J connectivity index is 2.60. The SMILES string of the molecule is CCCC1CCN(C(=O)OC(C(F)(F)F)C(F)(F)F)CC1. The van der Waals surface area contributed by atoms with E-state index in [2.05, 4.69) is 4.74 Å². The Labute approximate surface area is 118 Å². The summed E-state index contributed by atoms with van der Waals surface area (Å²) in [4.78, 5) is 12.4. The van der Waals surface area contributed by atoms with Crippen molar-refractivity contribution in [2.45, 2.75) is 51.1 Å². The number of hydrogen-bond acceptors (Lipinski definition) is 2. The van der Waals surface area contributed by atoms with Crippen LogP contribution in [0.25, 0.3) is 0 Å². The third kappa shape index (κ3) is 5.28. The highest BCUT2D eigenvalue weighted by atomic mass is 19.4. The van der Waals surface area contributed by atoms with Crippen LogP contribution in [0.15, 0.2) is 0 Å². The summed E-state index contributed by atoms with van der Waals surface area (Å²) < 4.78 is 77.4. The number of piperidine rings is 1. The molecule has 1 aliphatic rings. The number of likely N-dealkylation sites (tertiary alicyclic amines) is 1. The lowest BCUT2D eigenvalue weighted by Crippen LogP contribution is -2.49. The predicted octanol–water partition coefficient (Wildman–Crippen LogP) is 4.13. The molecule has 0 aromatic rings. The van der Waals surface area contributed by atoms with Gasteiger partial charge in [-0.25, -0.2) is 4.79 Å². The number of nitrogens with zero attached hydrogens (tertiary/aromatic N) is 1. The van der Waals surface area contributed by atoms with Gasteiger partial charge in [0.2, 0.25) is 0 Å². The van der Waals surface area contributed by atoms with Gasteiger partial charge in [0.05, 0.1) is 0 Å². The minimum absolute atomic E-state index is 0.117. The van der Waals surface area contributed by atoms with E-state index in [0.29, 0.717) is 18.8 Å². The van der Waals surface area contributed by atoms with Crippen molar-refractivity contribution in [1.29, 1.82) is 0 Å². The first-order valence-corrected chi connectivity index (χ1v) is 6.64. The van der Waals surface area contributed by atoms with Crippen LogP contribution in [0.5, 0.6) is 0 Å². The monoisotopic (exact) mass is 321 g/mol. The smallest absolute Gasteiger partial charge is 0.426 e. The van der Waals surface area contributed by atoms with Gasteiger partial charge in [-0.3, -0.25) is 0 Å². The van der Waals surface area contributed by atoms with Gasteiger partial charge >= 0.3 is 18.4 Å². The zero-order valence-electron chi connectivity index (χ0n) is 11.4. The van der Waals surface area contributed by atoms with Gasteiger partial charge in [-0.1, -0.05) is 19.8 Å². The van der Waals surface area contributed by atoms with Gasteiger partial charge in [0, 0.05) is 13.1 Å². The van der Waals surface area contributed by atoms with Gasteiger partial charge < -0.3 is 9.64 Å². The summed E-state index contributed by atoms with van der Waals surface area (Å²) in [5, 5.41) is 0. The van der Waals surface area contributed by atoms with Gasteiger partial charge in [-0.15, -0.1) is 0 Å². The van der Waals surface area contributed by atoms with Crippen molar-refractivity contribution < 1.29 is 35.9 Å². The van der Waals surface area contributed by atoms with Gasteiger partial charge in [-0.05, 0) is 18.8 Å². The normalized spacial score (nSPS) is 18.2. The van der Waals surface area contributed by atoms with Gasteiger partial charge in [0.1, 0.15) is 0 Å². The molecule has 21 heavy (non-hydrogen) atoms. The molecule has 1 rings (SSSR count). The molecule has 1 saturated heterocycles. The Hall–Kier alpha value is -1.15. The van der Waals surface area contributed by atoms with Crippen LogP contribution in [0.3, 0.4) is 0 Å². The first-order chi connectivity index (χ1) is 9.55. The lowest BCUT2D eigenvalue weighted by Gasteiger charge is -2.33. The maximum absolute atomic E-state index is 12.3. The molecule has 0 bridgehead atoms. The Morgan fingerprint density at radius 1 is 1.14 bits per heavy atom. The van der Waals surface area contributed by atoms with Crippen LogP contribution in [-0.2, 0) is 4.74 Å². The summed E-state index contributed by atoms with van der Waals surface area (Å²) in [5.41, 5.74) is 0. The highest BCUT2D eigenvalue weighted by molar-refractivity contribution is 5.68. The van der Waals surface area contributed by atoms with Gasteiger partial charge in [-0.2, -0.15) is 26.3 Å². The van der Waals surface area contributed by atoms with Crippen molar-refractivity contribution in [3.63, 3.8) is 0 Å². The number of ether oxygens (including phenoxy) is 1. The molecule has 1 aliphatic heterocycles. The molecule has 1 amide bonds. The molecule has 0 aliphatic carbocycles. The Kier molecular flexibility index (Phi) is 5.75. The largest absolute Gasteiger partial charge is 0.434 e. The second kappa shape index (κ2) is 6.74. The number of rotatable bonds is 3. The molecule has 0 atom stereocenters. The third-order valence-electron chi connectivity index (χ3n) is 3.38. The fourth-order valence-corrected chi connectivity index (χ4v) is 2.31.